The van der Waals surface area contributed by atoms with Crippen LogP contribution in [0.15, 0.2) is 30.3 Å². The van der Waals surface area contributed by atoms with Crippen molar-refractivity contribution in [3.63, 3.8) is 0 Å². The van der Waals surface area contributed by atoms with Crippen molar-refractivity contribution in [2.24, 2.45) is 5.92 Å². The second-order valence-electron chi connectivity index (χ2n) is 5.12. The van der Waals surface area contributed by atoms with Gasteiger partial charge in [-0.3, -0.25) is 0 Å². The predicted octanol–water partition coefficient (Wildman–Crippen LogP) is 1.61. The van der Waals surface area contributed by atoms with Gasteiger partial charge in [0.1, 0.15) is 0 Å². The highest BCUT2D eigenvalue weighted by Gasteiger charge is 2.32. The SMILES string of the molecule is CCC1CN(S(=O)(=O)Cc2ccccc2)CCC1O. The van der Waals surface area contributed by atoms with Crippen LogP contribution in [-0.4, -0.2) is 37.0 Å². The Labute approximate surface area is 115 Å². The molecule has 19 heavy (non-hydrogen) atoms. The molecule has 1 heterocycles. The summed E-state index contributed by atoms with van der Waals surface area (Å²) >= 11 is 0. The summed E-state index contributed by atoms with van der Waals surface area (Å²) in [6.07, 6.45) is 0.971. The summed E-state index contributed by atoms with van der Waals surface area (Å²) in [6.45, 7) is 2.85. The average Bonchev–Trinajstić information content (AvgIpc) is 2.39. The zero-order chi connectivity index (χ0) is 13.9. The van der Waals surface area contributed by atoms with E-state index < -0.39 is 10.0 Å². The molecule has 0 radical (unpaired) electrons. The van der Waals surface area contributed by atoms with Crippen molar-refractivity contribution in [1.82, 2.24) is 4.31 Å². The van der Waals surface area contributed by atoms with Gasteiger partial charge in [0.15, 0.2) is 0 Å². The zero-order valence-corrected chi connectivity index (χ0v) is 12.0. The molecule has 1 N–H and O–H groups in total. The normalized spacial score (nSPS) is 25.4. The maximum atomic E-state index is 12.4. The fourth-order valence-corrected chi connectivity index (χ4v) is 4.11. The maximum Gasteiger partial charge on any atom is 0.218 e. The van der Waals surface area contributed by atoms with Crippen molar-refractivity contribution in [3.8, 4) is 0 Å². The highest BCUT2D eigenvalue weighted by molar-refractivity contribution is 7.88. The quantitative estimate of drug-likeness (QED) is 0.913. The second kappa shape index (κ2) is 6.03. The Bertz CT molecular complexity index is 501. The van der Waals surface area contributed by atoms with Crippen LogP contribution in [0.5, 0.6) is 0 Å². The van der Waals surface area contributed by atoms with Crippen LogP contribution >= 0.6 is 0 Å². The molecule has 0 bridgehead atoms. The summed E-state index contributed by atoms with van der Waals surface area (Å²) < 4.78 is 26.3. The maximum absolute atomic E-state index is 12.4. The van der Waals surface area contributed by atoms with E-state index in [-0.39, 0.29) is 17.8 Å². The Hall–Kier alpha value is -0.910. The van der Waals surface area contributed by atoms with Crippen LogP contribution in [0, 0.1) is 5.92 Å². The molecule has 4 nitrogen and oxygen atoms in total. The van der Waals surface area contributed by atoms with E-state index in [9.17, 15) is 13.5 Å². The van der Waals surface area contributed by atoms with E-state index in [1.807, 2.05) is 37.3 Å². The Balaban J connectivity index is 2.08. The van der Waals surface area contributed by atoms with Gasteiger partial charge in [0.25, 0.3) is 0 Å². The van der Waals surface area contributed by atoms with Crippen LogP contribution in [0.1, 0.15) is 25.3 Å². The topological polar surface area (TPSA) is 57.6 Å². The number of aliphatic hydroxyl groups is 1. The number of nitrogens with zero attached hydrogens (tertiary/aromatic N) is 1. The number of sulfonamides is 1. The third-order valence-corrected chi connectivity index (χ3v) is 5.58. The molecule has 1 fully saturated rings. The van der Waals surface area contributed by atoms with Crippen molar-refractivity contribution in [2.75, 3.05) is 13.1 Å². The first-order valence-electron chi connectivity index (χ1n) is 6.72. The summed E-state index contributed by atoms with van der Waals surface area (Å²) in [5.74, 6) is 0.0969. The molecule has 1 aliphatic heterocycles. The molecule has 106 valence electrons. The Kier molecular flexibility index (Phi) is 4.60. The van der Waals surface area contributed by atoms with Crippen molar-refractivity contribution in [2.45, 2.75) is 31.6 Å². The number of hydrogen-bond donors (Lipinski definition) is 1. The lowest BCUT2D eigenvalue weighted by Crippen LogP contribution is -2.46. The molecule has 0 saturated carbocycles. The second-order valence-corrected chi connectivity index (χ2v) is 7.09. The fraction of sp³-hybridized carbons (Fsp3) is 0.571. The molecule has 0 aliphatic carbocycles. The van der Waals surface area contributed by atoms with Gasteiger partial charge in [-0.05, 0) is 24.3 Å². The van der Waals surface area contributed by atoms with Crippen molar-refractivity contribution in [3.05, 3.63) is 35.9 Å². The van der Waals surface area contributed by atoms with Crippen LogP contribution in [0.2, 0.25) is 0 Å². The lowest BCUT2D eigenvalue weighted by atomic mass is 9.94. The number of benzene rings is 1. The summed E-state index contributed by atoms with van der Waals surface area (Å²) in [4.78, 5) is 0. The highest BCUT2D eigenvalue weighted by Crippen LogP contribution is 2.23. The minimum Gasteiger partial charge on any atom is -0.393 e. The van der Waals surface area contributed by atoms with Crippen molar-refractivity contribution in [1.29, 1.82) is 0 Å². The van der Waals surface area contributed by atoms with E-state index >= 15 is 0 Å². The third kappa shape index (κ3) is 3.55. The van der Waals surface area contributed by atoms with E-state index in [0.29, 0.717) is 19.5 Å². The fourth-order valence-electron chi connectivity index (χ4n) is 2.52. The van der Waals surface area contributed by atoms with Gasteiger partial charge < -0.3 is 5.11 Å². The Morgan fingerprint density at radius 3 is 2.63 bits per heavy atom. The largest absolute Gasteiger partial charge is 0.393 e. The Morgan fingerprint density at radius 2 is 2.00 bits per heavy atom. The van der Waals surface area contributed by atoms with Crippen LogP contribution in [-0.2, 0) is 15.8 Å². The number of aliphatic hydroxyl groups excluding tert-OH is 1. The van der Waals surface area contributed by atoms with E-state index in [2.05, 4.69) is 0 Å². The lowest BCUT2D eigenvalue weighted by Gasteiger charge is -2.35. The van der Waals surface area contributed by atoms with Crippen molar-refractivity contribution >= 4 is 10.0 Å². The summed E-state index contributed by atoms with van der Waals surface area (Å²) in [6, 6.07) is 9.22. The molecule has 0 amide bonds. The van der Waals surface area contributed by atoms with E-state index in [0.717, 1.165) is 12.0 Å². The standard InChI is InChI=1S/C14H21NO3S/c1-2-13-10-15(9-8-14(13)16)19(17,18)11-12-6-4-3-5-7-12/h3-7,13-14,16H,2,8-11H2,1H3. The molecule has 1 aromatic rings. The number of rotatable bonds is 4. The van der Waals surface area contributed by atoms with Gasteiger partial charge in [0.2, 0.25) is 10.0 Å². The van der Waals surface area contributed by atoms with Gasteiger partial charge in [-0.2, -0.15) is 0 Å². The van der Waals surface area contributed by atoms with Gasteiger partial charge in [-0.15, -0.1) is 0 Å². The number of piperidine rings is 1. The first kappa shape index (κ1) is 14.5. The van der Waals surface area contributed by atoms with E-state index in [1.165, 1.54) is 4.31 Å². The third-order valence-electron chi connectivity index (χ3n) is 3.77. The molecular formula is C14H21NO3S. The molecule has 1 saturated heterocycles. The molecule has 2 unspecified atom stereocenters. The van der Waals surface area contributed by atoms with E-state index in [1.54, 1.807) is 0 Å². The van der Waals surface area contributed by atoms with Crippen LogP contribution in [0.3, 0.4) is 0 Å². The molecule has 0 aromatic heterocycles. The zero-order valence-electron chi connectivity index (χ0n) is 11.2. The van der Waals surface area contributed by atoms with Gasteiger partial charge in [0, 0.05) is 13.1 Å². The van der Waals surface area contributed by atoms with Crippen LogP contribution in [0.4, 0.5) is 0 Å². The van der Waals surface area contributed by atoms with Gasteiger partial charge in [0.05, 0.1) is 11.9 Å². The minimum absolute atomic E-state index is 0.0420. The molecule has 5 heteroatoms. The molecule has 2 rings (SSSR count). The van der Waals surface area contributed by atoms with Gasteiger partial charge in [-0.25, -0.2) is 12.7 Å². The molecule has 1 aromatic carbocycles. The molecule has 0 spiro atoms. The van der Waals surface area contributed by atoms with Crippen molar-refractivity contribution < 1.29 is 13.5 Å². The van der Waals surface area contributed by atoms with Crippen LogP contribution in [0.25, 0.3) is 0 Å². The summed E-state index contributed by atoms with van der Waals surface area (Å²) in [5.41, 5.74) is 0.807. The first-order valence-corrected chi connectivity index (χ1v) is 8.33. The van der Waals surface area contributed by atoms with Gasteiger partial charge in [-0.1, -0.05) is 37.3 Å². The number of hydrogen-bond acceptors (Lipinski definition) is 3. The summed E-state index contributed by atoms with van der Waals surface area (Å²) in [7, 11) is -3.28. The van der Waals surface area contributed by atoms with Crippen LogP contribution < -0.4 is 0 Å². The van der Waals surface area contributed by atoms with Gasteiger partial charge >= 0.3 is 0 Å². The average molecular weight is 283 g/mol. The predicted molar refractivity (Wildman–Crippen MR) is 75.0 cm³/mol. The highest BCUT2D eigenvalue weighted by atomic mass is 32.2. The summed E-state index contributed by atoms with van der Waals surface area (Å²) in [5, 5.41) is 9.82. The molecule has 1 aliphatic rings. The Morgan fingerprint density at radius 1 is 1.32 bits per heavy atom. The minimum atomic E-state index is -3.28. The molecule has 2 atom stereocenters. The monoisotopic (exact) mass is 283 g/mol. The van der Waals surface area contributed by atoms with E-state index in [4.69, 9.17) is 0 Å². The molecular weight excluding hydrogens is 262 g/mol. The lowest BCUT2D eigenvalue weighted by molar-refractivity contribution is 0.0520. The smallest absolute Gasteiger partial charge is 0.218 e. The first-order chi connectivity index (χ1) is 9.03.